The fourth-order valence-electron chi connectivity index (χ4n) is 3.20. The molecule has 1 unspecified atom stereocenters. The van der Waals surface area contributed by atoms with Crippen LogP contribution >= 0.6 is 0 Å². The number of fused-ring (bicyclic) bond motifs is 1. The van der Waals surface area contributed by atoms with Crippen LogP contribution in [0, 0.1) is 0 Å². The van der Waals surface area contributed by atoms with Gasteiger partial charge in [-0.15, -0.1) is 0 Å². The zero-order valence-electron chi connectivity index (χ0n) is 13.9. The fraction of sp³-hybridized carbons (Fsp3) is 0.368. The molecule has 2 N–H and O–H groups in total. The summed E-state index contributed by atoms with van der Waals surface area (Å²) in [4.78, 5) is 26.0. The summed E-state index contributed by atoms with van der Waals surface area (Å²) >= 11 is 0. The average Bonchev–Trinajstić information content (AvgIpc) is 2.61. The van der Waals surface area contributed by atoms with E-state index in [1.54, 1.807) is 11.1 Å². The van der Waals surface area contributed by atoms with Gasteiger partial charge in [0.2, 0.25) is 11.8 Å². The van der Waals surface area contributed by atoms with E-state index in [1.807, 2.05) is 30.3 Å². The Balaban J connectivity index is 1.69. The highest BCUT2D eigenvalue weighted by molar-refractivity contribution is 5.81. The van der Waals surface area contributed by atoms with Crippen molar-refractivity contribution >= 4 is 17.9 Å². The molecular weight excluding hydrogens is 302 g/mol. The molecule has 3 rings (SSSR count). The van der Waals surface area contributed by atoms with Crippen molar-refractivity contribution in [3.63, 3.8) is 0 Å². The van der Waals surface area contributed by atoms with Gasteiger partial charge in [-0.25, -0.2) is 0 Å². The number of hydrogen-bond donors (Lipinski definition) is 2. The number of nitrogens with one attached hydrogen (secondary N) is 2. The Morgan fingerprint density at radius 3 is 2.92 bits per heavy atom. The first kappa shape index (κ1) is 16.5. The number of carbonyl (C=O) groups excluding carboxylic acids is 2. The van der Waals surface area contributed by atoms with Crippen LogP contribution in [0.2, 0.25) is 0 Å². The highest BCUT2D eigenvalue weighted by Gasteiger charge is 2.28. The highest BCUT2D eigenvalue weighted by atomic mass is 16.2. The molecule has 0 fully saturated rings. The van der Waals surface area contributed by atoms with Crippen molar-refractivity contribution in [2.75, 3.05) is 19.6 Å². The SMILES string of the molecule is CC(=O)N1C=Cc2ccccc2C1CC(=O)NCC1=CCNCC1. The van der Waals surface area contributed by atoms with Crippen LogP contribution < -0.4 is 10.6 Å². The minimum Gasteiger partial charge on any atom is -0.352 e. The van der Waals surface area contributed by atoms with Crippen LogP contribution in [0.3, 0.4) is 0 Å². The van der Waals surface area contributed by atoms with E-state index in [0.29, 0.717) is 6.54 Å². The maximum Gasteiger partial charge on any atom is 0.223 e. The molecule has 0 spiro atoms. The molecule has 2 amide bonds. The summed E-state index contributed by atoms with van der Waals surface area (Å²) in [5.74, 6) is -0.0876. The summed E-state index contributed by atoms with van der Waals surface area (Å²) in [6.07, 6.45) is 7.06. The summed E-state index contributed by atoms with van der Waals surface area (Å²) in [6, 6.07) is 7.66. The minimum absolute atomic E-state index is 0.0317. The number of rotatable bonds is 4. The molecule has 0 radical (unpaired) electrons. The van der Waals surface area contributed by atoms with Gasteiger partial charge < -0.3 is 15.5 Å². The van der Waals surface area contributed by atoms with Crippen molar-refractivity contribution < 1.29 is 9.59 Å². The second kappa shape index (κ2) is 7.45. The normalized spacial score (nSPS) is 19.5. The van der Waals surface area contributed by atoms with Crippen LogP contribution in [0.25, 0.3) is 6.08 Å². The summed E-state index contributed by atoms with van der Waals surface area (Å²) < 4.78 is 0. The molecule has 1 aromatic carbocycles. The van der Waals surface area contributed by atoms with Gasteiger partial charge in [0.15, 0.2) is 0 Å². The molecule has 5 heteroatoms. The van der Waals surface area contributed by atoms with E-state index in [2.05, 4.69) is 16.7 Å². The standard InChI is InChI=1S/C19H23N3O2/c1-14(23)22-11-8-16-4-2-3-5-17(16)18(22)12-19(24)21-13-15-6-9-20-10-7-15/h2-6,8,11,18,20H,7,9-10,12-13H2,1H3,(H,21,24). The second-order valence-corrected chi connectivity index (χ2v) is 6.18. The zero-order chi connectivity index (χ0) is 16.9. The Kier molecular flexibility index (Phi) is 5.11. The lowest BCUT2D eigenvalue weighted by Crippen LogP contribution is -2.36. The maximum absolute atomic E-state index is 12.4. The Bertz CT molecular complexity index is 694. The van der Waals surface area contributed by atoms with Crippen molar-refractivity contribution in [2.24, 2.45) is 0 Å². The topological polar surface area (TPSA) is 61.4 Å². The van der Waals surface area contributed by atoms with Crippen molar-refractivity contribution in [1.29, 1.82) is 0 Å². The first-order valence-corrected chi connectivity index (χ1v) is 8.36. The molecule has 5 nitrogen and oxygen atoms in total. The van der Waals surface area contributed by atoms with Gasteiger partial charge >= 0.3 is 0 Å². The molecule has 1 aromatic rings. The van der Waals surface area contributed by atoms with E-state index < -0.39 is 0 Å². The van der Waals surface area contributed by atoms with Gasteiger partial charge in [0.1, 0.15) is 0 Å². The monoisotopic (exact) mass is 325 g/mol. The van der Waals surface area contributed by atoms with Gasteiger partial charge in [-0.1, -0.05) is 35.9 Å². The summed E-state index contributed by atoms with van der Waals surface area (Å²) in [5.41, 5.74) is 3.34. The zero-order valence-corrected chi connectivity index (χ0v) is 13.9. The molecular formula is C19H23N3O2. The molecule has 2 aliphatic heterocycles. The van der Waals surface area contributed by atoms with E-state index in [4.69, 9.17) is 0 Å². The molecule has 0 saturated heterocycles. The largest absolute Gasteiger partial charge is 0.352 e. The quantitative estimate of drug-likeness (QED) is 0.832. The lowest BCUT2D eigenvalue weighted by atomic mass is 9.93. The van der Waals surface area contributed by atoms with Crippen LogP contribution in [0.4, 0.5) is 0 Å². The number of amides is 2. The number of carbonyl (C=O) groups is 2. The maximum atomic E-state index is 12.4. The number of hydrogen-bond acceptors (Lipinski definition) is 3. The van der Waals surface area contributed by atoms with E-state index in [1.165, 1.54) is 12.5 Å². The third-order valence-electron chi connectivity index (χ3n) is 4.52. The summed E-state index contributed by atoms with van der Waals surface area (Å²) in [7, 11) is 0. The van der Waals surface area contributed by atoms with E-state index in [0.717, 1.165) is 30.6 Å². The molecule has 126 valence electrons. The molecule has 24 heavy (non-hydrogen) atoms. The van der Waals surface area contributed by atoms with Gasteiger partial charge in [0, 0.05) is 26.2 Å². The Labute approximate surface area is 142 Å². The van der Waals surface area contributed by atoms with Crippen LogP contribution in [0.15, 0.2) is 42.1 Å². The molecule has 2 aliphatic rings. The highest BCUT2D eigenvalue weighted by Crippen LogP contribution is 2.32. The molecule has 0 aromatic heterocycles. The van der Waals surface area contributed by atoms with Crippen LogP contribution in [-0.4, -0.2) is 36.3 Å². The van der Waals surface area contributed by atoms with Crippen molar-refractivity contribution in [3.8, 4) is 0 Å². The van der Waals surface area contributed by atoms with Gasteiger partial charge in [0.05, 0.1) is 12.5 Å². The smallest absolute Gasteiger partial charge is 0.223 e. The van der Waals surface area contributed by atoms with Crippen LogP contribution in [-0.2, 0) is 9.59 Å². The Morgan fingerprint density at radius 2 is 2.17 bits per heavy atom. The fourth-order valence-corrected chi connectivity index (χ4v) is 3.20. The lowest BCUT2D eigenvalue weighted by molar-refractivity contribution is -0.129. The Hall–Kier alpha value is -2.40. The van der Waals surface area contributed by atoms with E-state index >= 15 is 0 Å². The van der Waals surface area contributed by atoms with Gasteiger partial charge in [-0.05, 0) is 30.2 Å². The van der Waals surface area contributed by atoms with Crippen molar-refractivity contribution in [2.45, 2.75) is 25.8 Å². The second-order valence-electron chi connectivity index (χ2n) is 6.18. The van der Waals surface area contributed by atoms with Gasteiger partial charge in [-0.2, -0.15) is 0 Å². The van der Waals surface area contributed by atoms with E-state index in [9.17, 15) is 9.59 Å². The predicted octanol–water partition coefficient (Wildman–Crippen LogP) is 1.99. The number of benzene rings is 1. The van der Waals surface area contributed by atoms with Gasteiger partial charge in [0.25, 0.3) is 0 Å². The first-order chi connectivity index (χ1) is 11.6. The lowest BCUT2D eigenvalue weighted by Gasteiger charge is -2.32. The molecule has 0 aliphatic carbocycles. The third kappa shape index (κ3) is 3.74. The van der Waals surface area contributed by atoms with Crippen LogP contribution in [0.5, 0.6) is 0 Å². The van der Waals surface area contributed by atoms with Crippen LogP contribution in [0.1, 0.15) is 36.9 Å². The molecule has 1 atom stereocenters. The van der Waals surface area contributed by atoms with Gasteiger partial charge in [-0.3, -0.25) is 9.59 Å². The average molecular weight is 325 g/mol. The predicted molar refractivity (Wildman–Crippen MR) is 93.9 cm³/mol. The van der Waals surface area contributed by atoms with Crippen molar-refractivity contribution in [1.82, 2.24) is 15.5 Å². The molecule has 0 saturated carbocycles. The molecule has 0 bridgehead atoms. The third-order valence-corrected chi connectivity index (χ3v) is 4.52. The van der Waals surface area contributed by atoms with E-state index in [-0.39, 0.29) is 24.3 Å². The number of nitrogens with zero attached hydrogens (tertiary/aromatic N) is 1. The summed E-state index contributed by atoms with van der Waals surface area (Å²) in [5, 5.41) is 6.25. The molecule has 2 heterocycles. The Morgan fingerprint density at radius 1 is 1.33 bits per heavy atom. The first-order valence-electron chi connectivity index (χ1n) is 8.36. The minimum atomic E-state index is -0.245. The summed E-state index contributed by atoms with van der Waals surface area (Å²) in [6.45, 7) is 3.94. The van der Waals surface area contributed by atoms with Crippen molar-refractivity contribution in [3.05, 3.63) is 53.2 Å².